The number of guanidine groups is 1. The van der Waals surface area contributed by atoms with Crippen molar-refractivity contribution in [3.8, 4) is 0 Å². The Morgan fingerprint density at radius 1 is 1.28 bits per heavy atom. The molecule has 3 rings (SSSR count). The maximum absolute atomic E-state index is 13.6. The first-order valence-electron chi connectivity index (χ1n) is 7.92. The molecule has 0 saturated carbocycles. The number of rotatable bonds is 4. The molecule has 0 aliphatic carbocycles. The fourth-order valence-corrected chi connectivity index (χ4v) is 2.55. The van der Waals surface area contributed by atoms with Crippen LogP contribution in [-0.4, -0.2) is 37.2 Å². The third kappa shape index (κ3) is 4.42. The van der Waals surface area contributed by atoms with Gasteiger partial charge in [0.25, 0.3) is 0 Å². The molecule has 3 N–H and O–H groups in total. The van der Waals surface area contributed by atoms with Gasteiger partial charge in [0, 0.05) is 30.9 Å². The van der Waals surface area contributed by atoms with Crippen molar-refractivity contribution in [2.45, 2.75) is 6.54 Å². The van der Waals surface area contributed by atoms with Gasteiger partial charge in [0.05, 0.1) is 25.4 Å². The number of benzene rings is 1. The molecular formula is C17H19F2N5O. The lowest BCUT2D eigenvalue weighted by molar-refractivity contribution is 0.122. The van der Waals surface area contributed by atoms with E-state index < -0.39 is 11.6 Å². The summed E-state index contributed by atoms with van der Waals surface area (Å²) < 4.78 is 32.2. The summed E-state index contributed by atoms with van der Waals surface area (Å²) in [7, 11) is 0. The summed E-state index contributed by atoms with van der Waals surface area (Å²) in [6, 6.07) is 6.84. The number of anilines is 2. The molecule has 132 valence electrons. The van der Waals surface area contributed by atoms with Gasteiger partial charge in [-0.2, -0.15) is 0 Å². The van der Waals surface area contributed by atoms with Gasteiger partial charge in [0.15, 0.2) is 5.96 Å². The van der Waals surface area contributed by atoms with Crippen molar-refractivity contribution in [2.24, 2.45) is 10.7 Å². The Morgan fingerprint density at radius 3 is 2.88 bits per heavy atom. The van der Waals surface area contributed by atoms with Gasteiger partial charge in [0.1, 0.15) is 17.5 Å². The molecule has 1 aromatic carbocycles. The predicted octanol–water partition coefficient (Wildman–Crippen LogP) is 2.12. The SMILES string of the molecule is NC(=NCc1cccnc1N1CCOCC1)Nc1cc(F)ccc1F. The highest BCUT2D eigenvalue weighted by molar-refractivity contribution is 5.92. The monoisotopic (exact) mass is 347 g/mol. The lowest BCUT2D eigenvalue weighted by Crippen LogP contribution is -2.37. The number of hydrogen-bond acceptors (Lipinski definition) is 4. The Morgan fingerprint density at radius 2 is 2.08 bits per heavy atom. The molecule has 2 aromatic rings. The standard InChI is InChI=1S/C17H19F2N5O/c18-13-3-4-14(19)15(10-13)23-17(20)22-11-12-2-1-5-21-16(12)24-6-8-25-9-7-24/h1-5,10H,6-9,11H2,(H3,20,22,23). The van der Waals surface area contributed by atoms with Crippen LogP contribution >= 0.6 is 0 Å². The third-order valence-electron chi connectivity index (χ3n) is 3.79. The van der Waals surface area contributed by atoms with E-state index in [1.165, 1.54) is 0 Å². The average Bonchev–Trinajstić information content (AvgIpc) is 2.64. The first-order valence-corrected chi connectivity index (χ1v) is 7.92. The van der Waals surface area contributed by atoms with Gasteiger partial charge in [-0.15, -0.1) is 0 Å². The maximum Gasteiger partial charge on any atom is 0.193 e. The van der Waals surface area contributed by atoms with Crippen molar-refractivity contribution in [2.75, 3.05) is 36.5 Å². The molecule has 0 atom stereocenters. The van der Waals surface area contributed by atoms with Gasteiger partial charge in [0.2, 0.25) is 0 Å². The van der Waals surface area contributed by atoms with Crippen LogP contribution in [0.2, 0.25) is 0 Å². The van der Waals surface area contributed by atoms with E-state index in [0.29, 0.717) is 13.2 Å². The fourth-order valence-electron chi connectivity index (χ4n) is 2.55. The Balaban J connectivity index is 1.71. The second-order valence-corrected chi connectivity index (χ2v) is 5.54. The number of hydrogen-bond donors (Lipinski definition) is 2. The van der Waals surface area contributed by atoms with Crippen LogP contribution in [0.15, 0.2) is 41.5 Å². The highest BCUT2D eigenvalue weighted by atomic mass is 19.1. The van der Waals surface area contributed by atoms with Crippen molar-refractivity contribution in [1.82, 2.24) is 4.98 Å². The van der Waals surface area contributed by atoms with Gasteiger partial charge in [-0.05, 0) is 18.2 Å². The van der Waals surface area contributed by atoms with Crippen LogP contribution in [0.3, 0.4) is 0 Å². The number of halogens is 2. The van der Waals surface area contributed by atoms with E-state index in [0.717, 1.165) is 42.7 Å². The van der Waals surface area contributed by atoms with E-state index in [-0.39, 0.29) is 18.2 Å². The third-order valence-corrected chi connectivity index (χ3v) is 3.79. The number of aromatic nitrogens is 1. The zero-order valence-electron chi connectivity index (χ0n) is 13.6. The fraction of sp³-hybridized carbons (Fsp3) is 0.294. The highest BCUT2D eigenvalue weighted by Gasteiger charge is 2.15. The van der Waals surface area contributed by atoms with Crippen molar-refractivity contribution >= 4 is 17.5 Å². The Labute approximate surface area is 144 Å². The summed E-state index contributed by atoms with van der Waals surface area (Å²) >= 11 is 0. The first-order chi connectivity index (χ1) is 12.1. The van der Waals surface area contributed by atoms with E-state index in [9.17, 15) is 8.78 Å². The van der Waals surface area contributed by atoms with Crippen LogP contribution in [0.25, 0.3) is 0 Å². The molecule has 1 aromatic heterocycles. The summed E-state index contributed by atoms with van der Waals surface area (Å²) in [4.78, 5) is 10.8. The van der Waals surface area contributed by atoms with E-state index in [4.69, 9.17) is 10.5 Å². The Hall–Kier alpha value is -2.74. The van der Waals surface area contributed by atoms with E-state index in [1.807, 2.05) is 12.1 Å². The predicted molar refractivity (Wildman–Crippen MR) is 92.6 cm³/mol. The van der Waals surface area contributed by atoms with Crippen LogP contribution < -0.4 is 16.0 Å². The van der Waals surface area contributed by atoms with Crippen LogP contribution in [0.4, 0.5) is 20.3 Å². The number of nitrogens with one attached hydrogen (secondary N) is 1. The molecule has 1 saturated heterocycles. The van der Waals surface area contributed by atoms with Crippen molar-refractivity contribution in [1.29, 1.82) is 0 Å². The van der Waals surface area contributed by atoms with Crippen molar-refractivity contribution in [3.05, 3.63) is 53.7 Å². The maximum atomic E-state index is 13.6. The van der Waals surface area contributed by atoms with Gasteiger partial charge in [-0.3, -0.25) is 0 Å². The van der Waals surface area contributed by atoms with Gasteiger partial charge < -0.3 is 20.7 Å². The summed E-state index contributed by atoms with van der Waals surface area (Å²) in [6.45, 7) is 3.10. The molecule has 0 radical (unpaired) electrons. The van der Waals surface area contributed by atoms with Crippen LogP contribution in [0.5, 0.6) is 0 Å². The summed E-state index contributed by atoms with van der Waals surface area (Å²) in [5, 5.41) is 2.58. The molecule has 8 heteroatoms. The normalized spacial score (nSPS) is 15.3. The number of aliphatic imine (C=N–C) groups is 1. The smallest absolute Gasteiger partial charge is 0.193 e. The van der Waals surface area contributed by atoms with Gasteiger partial charge in [-0.25, -0.2) is 18.8 Å². The number of nitrogens with two attached hydrogens (primary N) is 1. The molecule has 6 nitrogen and oxygen atoms in total. The minimum atomic E-state index is -0.602. The Bertz CT molecular complexity index is 762. The molecule has 1 aliphatic rings. The molecule has 0 unspecified atom stereocenters. The van der Waals surface area contributed by atoms with E-state index in [2.05, 4.69) is 20.2 Å². The van der Waals surface area contributed by atoms with Crippen molar-refractivity contribution < 1.29 is 13.5 Å². The second kappa shape index (κ2) is 7.89. The molecule has 0 amide bonds. The molecule has 0 bridgehead atoms. The molecule has 1 fully saturated rings. The first kappa shape index (κ1) is 17.1. The van der Waals surface area contributed by atoms with Crippen LogP contribution in [-0.2, 0) is 11.3 Å². The number of ether oxygens (including phenoxy) is 1. The summed E-state index contributed by atoms with van der Waals surface area (Å²) in [5.41, 5.74) is 6.64. The molecule has 2 heterocycles. The largest absolute Gasteiger partial charge is 0.378 e. The summed E-state index contributed by atoms with van der Waals surface area (Å²) in [5.74, 6) is -0.325. The zero-order chi connectivity index (χ0) is 17.6. The van der Waals surface area contributed by atoms with E-state index >= 15 is 0 Å². The van der Waals surface area contributed by atoms with Crippen LogP contribution in [0.1, 0.15) is 5.56 Å². The van der Waals surface area contributed by atoms with Gasteiger partial charge in [-0.1, -0.05) is 6.07 Å². The molecule has 1 aliphatic heterocycles. The van der Waals surface area contributed by atoms with E-state index in [1.54, 1.807) is 6.20 Å². The highest BCUT2D eigenvalue weighted by Crippen LogP contribution is 2.19. The quantitative estimate of drug-likeness (QED) is 0.655. The number of pyridine rings is 1. The molecular weight excluding hydrogens is 328 g/mol. The summed E-state index contributed by atoms with van der Waals surface area (Å²) in [6.07, 6.45) is 1.72. The number of morpholine rings is 1. The lowest BCUT2D eigenvalue weighted by atomic mass is 10.2. The molecule has 0 spiro atoms. The molecule has 25 heavy (non-hydrogen) atoms. The topological polar surface area (TPSA) is 75.8 Å². The van der Waals surface area contributed by atoms with Crippen LogP contribution in [0, 0.1) is 11.6 Å². The zero-order valence-corrected chi connectivity index (χ0v) is 13.6. The average molecular weight is 347 g/mol. The minimum Gasteiger partial charge on any atom is -0.378 e. The van der Waals surface area contributed by atoms with Gasteiger partial charge >= 0.3 is 0 Å². The lowest BCUT2D eigenvalue weighted by Gasteiger charge is -2.29. The second-order valence-electron chi connectivity index (χ2n) is 5.54. The number of nitrogens with zero attached hydrogens (tertiary/aromatic N) is 3. The minimum absolute atomic E-state index is 0.00119. The van der Waals surface area contributed by atoms with Crippen molar-refractivity contribution in [3.63, 3.8) is 0 Å². The Kier molecular flexibility index (Phi) is 5.39.